The molecule has 0 bridgehead atoms. The van der Waals surface area contributed by atoms with Gasteiger partial charge in [0.15, 0.2) is 0 Å². The second-order valence-corrected chi connectivity index (χ2v) is 7.81. The maximum atomic E-state index is 11.6. The second-order valence-electron chi connectivity index (χ2n) is 7.81. The van der Waals surface area contributed by atoms with Gasteiger partial charge in [0.25, 0.3) is 0 Å². The van der Waals surface area contributed by atoms with Gasteiger partial charge in [-0.3, -0.25) is 0 Å². The lowest BCUT2D eigenvalue weighted by molar-refractivity contribution is 0.0696. The van der Waals surface area contributed by atoms with Crippen molar-refractivity contribution in [3.05, 3.63) is 28.8 Å². The first-order valence-corrected chi connectivity index (χ1v) is 8.88. The van der Waals surface area contributed by atoms with Gasteiger partial charge in [0, 0.05) is 18.8 Å². The van der Waals surface area contributed by atoms with Gasteiger partial charge in [-0.2, -0.15) is 0 Å². The molecule has 4 atom stereocenters. The van der Waals surface area contributed by atoms with E-state index >= 15 is 0 Å². The lowest BCUT2D eigenvalue weighted by Crippen LogP contribution is -2.43. The maximum absolute atomic E-state index is 11.6. The molecule has 2 fully saturated rings. The van der Waals surface area contributed by atoms with Crippen molar-refractivity contribution in [2.45, 2.75) is 50.4 Å². The molecule has 2 aliphatic heterocycles. The fraction of sp³-hybridized carbons (Fsp3) is 0.632. The Labute approximate surface area is 131 Å². The Morgan fingerprint density at radius 3 is 2.00 bits per heavy atom. The van der Waals surface area contributed by atoms with E-state index in [-0.39, 0.29) is 0 Å². The van der Waals surface area contributed by atoms with E-state index in [1.54, 1.807) is 0 Å². The Balaban J connectivity index is 1.74. The summed E-state index contributed by atoms with van der Waals surface area (Å²) in [4.78, 5) is 14.2. The molecular formula is C19H23NO2. The minimum atomic E-state index is -0.758. The Morgan fingerprint density at radius 1 is 0.955 bits per heavy atom. The van der Waals surface area contributed by atoms with E-state index in [1.165, 1.54) is 68.4 Å². The minimum absolute atomic E-state index is 0.522. The molecule has 0 amide bonds. The summed E-state index contributed by atoms with van der Waals surface area (Å²) in [5.74, 6) is 1.97. The number of benzene rings is 1. The smallest absolute Gasteiger partial charge is 0.335 e. The molecule has 3 nitrogen and oxygen atoms in total. The lowest BCUT2D eigenvalue weighted by Gasteiger charge is -2.46. The average molecular weight is 297 g/mol. The summed E-state index contributed by atoms with van der Waals surface area (Å²) in [5.41, 5.74) is 4.70. The van der Waals surface area contributed by atoms with E-state index < -0.39 is 5.97 Å². The predicted molar refractivity (Wildman–Crippen MR) is 85.8 cm³/mol. The molecule has 5 rings (SSSR count). The molecule has 2 aliphatic carbocycles. The Bertz CT molecular complexity index is 608. The first-order chi connectivity index (χ1) is 10.7. The third kappa shape index (κ3) is 1.65. The van der Waals surface area contributed by atoms with Crippen molar-refractivity contribution in [1.82, 2.24) is 0 Å². The molecular weight excluding hydrogens is 274 g/mol. The van der Waals surface area contributed by atoms with Crippen LogP contribution in [0.4, 0.5) is 5.69 Å². The molecule has 2 saturated carbocycles. The van der Waals surface area contributed by atoms with Crippen molar-refractivity contribution in [1.29, 1.82) is 0 Å². The Hall–Kier alpha value is -1.51. The fourth-order valence-corrected chi connectivity index (χ4v) is 5.89. The summed E-state index contributed by atoms with van der Waals surface area (Å²) >= 11 is 0. The van der Waals surface area contributed by atoms with Gasteiger partial charge in [0.2, 0.25) is 0 Å². The second kappa shape index (κ2) is 4.50. The molecule has 1 aromatic rings. The zero-order valence-corrected chi connectivity index (χ0v) is 12.9. The van der Waals surface area contributed by atoms with Gasteiger partial charge in [-0.1, -0.05) is 12.8 Å². The van der Waals surface area contributed by atoms with Crippen LogP contribution in [0.1, 0.15) is 71.8 Å². The van der Waals surface area contributed by atoms with Crippen molar-refractivity contribution >= 4 is 11.7 Å². The van der Waals surface area contributed by atoms with Crippen molar-refractivity contribution in [3.8, 4) is 0 Å². The topological polar surface area (TPSA) is 40.5 Å². The van der Waals surface area contributed by atoms with Crippen LogP contribution in [-0.4, -0.2) is 24.2 Å². The zero-order chi connectivity index (χ0) is 14.8. The molecule has 1 N–H and O–H groups in total. The SMILES string of the molecule is O=C(O)c1cc2c3c(c1)[C@H]1CCC[C@H]1CN3C[C@H]1CCC[C@H]21. The standard InChI is InChI=1S/C19H23NO2/c21-19(22)13-7-16-14-5-1-3-11(14)9-20-10-12-4-2-6-15(12)17(8-13)18(16)20/h7-8,11-12,14-15H,1-6,9-10H2,(H,21,22)/t11-,12+,14-,15-/m0/s1. The number of carboxylic acid groups (broad SMARTS) is 1. The van der Waals surface area contributed by atoms with Crippen molar-refractivity contribution < 1.29 is 9.90 Å². The van der Waals surface area contributed by atoms with Gasteiger partial charge in [-0.25, -0.2) is 4.79 Å². The molecule has 0 saturated heterocycles. The van der Waals surface area contributed by atoms with Crippen molar-refractivity contribution in [2.75, 3.05) is 18.0 Å². The van der Waals surface area contributed by atoms with Crippen LogP contribution in [0.2, 0.25) is 0 Å². The number of fused-ring (bicyclic) bond motifs is 4. The summed E-state index contributed by atoms with van der Waals surface area (Å²) in [7, 11) is 0. The molecule has 0 unspecified atom stereocenters. The number of rotatable bonds is 1. The van der Waals surface area contributed by atoms with Gasteiger partial charge < -0.3 is 10.0 Å². The first-order valence-electron chi connectivity index (χ1n) is 8.88. The van der Waals surface area contributed by atoms with Gasteiger partial charge in [-0.05, 0) is 72.6 Å². The minimum Gasteiger partial charge on any atom is -0.478 e. The summed E-state index contributed by atoms with van der Waals surface area (Å²) in [6.07, 6.45) is 7.76. The highest BCUT2D eigenvalue weighted by atomic mass is 16.4. The van der Waals surface area contributed by atoms with E-state index in [0.717, 1.165) is 11.8 Å². The van der Waals surface area contributed by atoms with Crippen LogP contribution in [0.15, 0.2) is 12.1 Å². The largest absolute Gasteiger partial charge is 0.478 e. The van der Waals surface area contributed by atoms with Gasteiger partial charge in [-0.15, -0.1) is 0 Å². The normalized spacial score (nSPS) is 35.0. The van der Waals surface area contributed by atoms with Crippen molar-refractivity contribution in [3.63, 3.8) is 0 Å². The number of carboxylic acids is 1. The van der Waals surface area contributed by atoms with Crippen LogP contribution < -0.4 is 4.90 Å². The number of hydrogen-bond donors (Lipinski definition) is 1. The van der Waals surface area contributed by atoms with Gasteiger partial charge in [0.1, 0.15) is 0 Å². The summed E-state index contributed by atoms with van der Waals surface area (Å²) in [6.45, 7) is 2.42. The van der Waals surface area contributed by atoms with E-state index in [2.05, 4.69) is 4.90 Å². The van der Waals surface area contributed by atoms with Crippen LogP contribution in [-0.2, 0) is 0 Å². The van der Waals surface area contributed by atoms with Gasteiger partial charge >= 0.3 is 5.97 Å². The van der Waals surface area contributed by atoms with Crippen LogP contribution in [0.25, 0.3) is 0 Å². The number of nitrogens with zero attached hydrogens (tertiary/aromatic N) is 1. The quantitative estimate of drug-likeness (QED) is 0.852. The molecule has 116 valence electrons. The van der Waals surface area contributed by atoms with Crippen LogP contribution in [0.3, 0.4) is 0 Å². The summed E-state index contributed by atoms with van der Waals surface area (Å²) < 4.78 is 0. The first kappa shape index (κ1) is 13.0. The highest BCUT2D eigenvalue weighted by molar-refractivity contribution is 5.90. The lowest BCUT2D eigenvalue weighted by atomic mass is 9.74. The number of carbonyl (C=O) groups is 1. The predicted octanol–water partition coefficient (Wildman–Crippen LogP) is 3.99. The van der Waals surface area contributed by atoms with E-state index in [9.17, 15) is 9.90 Å². The maximum Gasteiger partial charge on any atom is 0.335 e. The number of anilines is 1. The molecule has 2 heterocycles. The van der Waals surface area contributed by atoms with Crippen molar-refractivity contribution in [2.24, 2.45) is 11.8 Å². The van der Waals surface area contributed by atoms with Crippen LogP contribution in [0, 0.1) is 11.8 Å². The molecule has 22 heavy (non-hydrogen) atoms. The summed E-state index contributed by atoms with van der Waals surface area (Å²) in [6, 6.07) is 4.01. The number of hydrogen-bond acceptors (Lipinski definition) is 2. The highest BCUT2D eigenvalue weighted by Crippen LogP contribution is 2.55. The van der Waals surface area contributed by atoms with E-state index in [4.69, 9.17) is 0 Å². The van der Waals surface area contributed by atoms with Crippen LogP contribution in [0.5, 0.6) is 0 Å². The third-order valence-corrected chi connectivity index (χ3v) is 6.76. The molecule has 0 radical (unpaired) electrons. The highest BCUT2D eigenvalue weighted by Gasteiger charge is 2.44. The molecule has 0 spiro atoms. The molecule has 4 aliphatic rings. The van der Waals surface area contributed by atoms with Gasteiger partial charge in [0.05, 0.1) is 5.56 Å². The Morgan fingerprint density at radius 2 is 1.50 bits per heavy atom. The average Bonchev–Trinajstić information content (AvgIpc) is 3.15. The summed E-state index contributed by atoms with van der Waals surface area (Å²) in [5, 5.41) is 9.56. The van der Waals surface area contributed by atoms with E-state index in [0.29, 0.717) is 17.4 Å². The number of aromatic carboxylic acids is 1. The molecule has 3 heteroatoms. The zero-order valence-electron chi connectivity index (χ0n) is 12.9. The fourth-order valence-electron chi connectivity index (χ4n) is 5.89. The monoisotopic (exact) mass is 297 g/mol. The molecule has 0 aromatic heterocycles. The van der Waals surface area contributed by atoms with Crippen LogP contribution >= 0.6 is 0 Å². The molecule has 1 aromatic carbocycles. The third-order valence-electron chi connectivity index (χ3n) is 6.76. The van der Waals surface area contributed by atoms with E-state index in [1.807, 2.05) is 12.1 Å². The Kier molecular flexibility index (Phi) is 2.65.